The number of fused-ring (bicyclic) bond motifs is 11. The highest BCUT2D eigenvalue weighted by molar-refractivity contribution is 7.26. The van der Waals surface area contributed by atoms with Crippen molar-refractivity contribution in [3.63, 3.8) is 0 Å². The number of thiophene rings is 1. The highest BCUT2D eigenvalue weighted by Crippen LogP contribution is 2.53. The molecular formula is C52H39NS. The summed E-state index contributed by atoms with van der Waals surface area (Å²) in [7, 11) is 0. The quantitative estimate of drug-likeness (QED) is 0.176. The van der Waals surface area contributed by atoms with Gasteiger partial charge in [-0.1, -0.05) is 137 Å². The van der Waals surface area contributed by atoms with E-state index in [1.54, 1.807) is 0 Å². The van der Waals surface area contributed by atoms with Crippen LogP contribution in [0.25, 0.3) is 64.3 Å². The van der Waals surface area contributed by atoms with Crippen LogP contribution in [0.1, 0.15) is 49.9 Å². The van der Waals surface area contributed by atoms with E-state index >= 15 is 0 Å². The Labute approximate surface area is 320 Å². The van der Waals surface area contributed by atoms with Gasteiger partial charge in [0.15, 0.2) is 0 Å². The van der Waals surface area contributed by atoms with E-state index in [0.29, 0.717) is 0 Å². The van der Waals surface area contributed by atoms with Gasteiger partial charge in [-0.05, 0) is 121 Å². The van der Waals surface area contributed by atoms with Gasteiger partial charge in [-0.15, -0.1) is 11.3 Å². The summed E-state index contributed by atoms with van der Waals surface area (Å²) in [5.41, 5.74) is 16.7. The minimum atomic E-state index is -0.0896. The topological polar surface area (TPSA) is 3.24 Å². The molecule has 0 saturated heterocycles. The first-order chi connectivity index (χ1) is 26.3. The predicted molar refractivity (Wildman–Crippen MR) is 232 cm³/mol. The van der Waals surface area contributed by atoms with Crippen molar-refractivity contribution >= 4 is 59.3 Å². The molecule has 2 aliphatic carbocycles. The molecule has 2 heteroatoms. The van der Waals surface area contributed by atoms with E-state index in [1.165, 1.54) is 98.0 Å². The number of nitrogens with zero attached hydrogens (tertiary/aromatic N) is 1. The van der Waals surface area contributed by atoms with Gasteiger partial charge in [0.05, 0.1) is 0 Å². The molecule has 258 valence electrons. The molecule has 0 radical (unpaired) electrons. The van der Waals surface area contributed by atoms with Crippen LogP contribution in [-0.2, 0) is 10.8 Å². The standard InChI is InChI=1S/C52H39NS/c1-51(2)45-15-9-6-12-39(45)43-30-36(25-27-46(43)51)53(37-24-26-40-38-11-5-8-14-44(38)52(3,4)47(40)31-37)35-22-19-32(20-23-35)34-18-17-33-21-28-49-50(42(33)29-34)41-13-7-10-16-48(41)54-49/h5-31H,1-4H3. The molecule has 0 aliphatic heterocycles. The van der Waals surface area contributed by atoms with Crippen LogP contribution in [0.15, 0.2) is 164 Å². The molecule has 1 nitrogen and oxygen atoms in total. The van der Waals surface area contributed by atoms with Gasteiger partial charge in [0, 0.05) is 48.1 Å². The van der Waals surface area contributed by atoms with Crippen LogP contribution in [0.5, 0.6) is 0 Å². The predicted octanol–water partition coefficient (Wildman–Crippen LogP) is 15.0. The molecule has 0 bridgehead atoms. The largest absolute Gasteiger partial charge is 0.310 e. The van der Waals surface area contributed by atoms with E-state index in [4.69, 9.17) is 0 Å². The van der Waals surface area contributed by atoms with Crippen molar-refractivity contribution in [2.45, 2.75) is 38.5 Å². The molecule has 0 saturated carbocycles. The molecule has 0 atom stereocenters. The van der Waals surface area contributed by atoms with Gasteiger partial charge in [0.1, 0.15) is 0 Å². The van der Waals surface area contributed by atoms with Gasteiger partial charge < -0.3 is 4.90 Å². The van der Waals surface area contributed by atoms with Crippen LogP contribution in [0.4, 0.5) is 17.1 Å². The van der Waals surface area contributed by atoms with Gasteiger partial charge in [-0.25, -0.2) is 0 Å². The van der Waals surface area contributed by atoms with Crippen LogP contribution < -0.4 is 4.90 Å². The Morgan fingerprint density at radius 3 is 1.76 bits per heavy atom. The zero-order valence-electron chi connectivity index (χ0n) is 30.9. The lowest BCUT2D eigenvalue weighted by Crippen LogP contribution is -2.17. The van der Waals surface area contributed by atoms with Crippen LogP contribution in [0, 0.1) is 0 Å². The maximum Gasteiger partial charge on any atom is 0.0468 e. The Bertz CT molecular complexity index is 3000. The number of benzene rings is 8. The molecular weight excluding hydrogens is 671 g/mol. The lowest BCUT2D eigenvalue weighted by Gasteiger charge is -2.29. The molecule has 0 amide bonds. The first-order valence-electron chi connectivity index (χ1n) is 19.0. The van der Waals surface area contributed by atoms with Crippen molar-refractivity contribution in [3.8, 4) is 33.4 Å². The molecule has 2 aliphatic rings. The maximum atomic E-state index is 2.46. The Balaban J connectivity index is 1.06. The second-order valence-electron chi connectivity index (χ2n) is 16.2. The molecule has 0 unspecified atom stereocenters. The Morgan fingerprint density at radius 1 is 0.389 bits per heavy atom. The molecule has 1 aromatic heterocycles. The normalized spacial score (nSPS) is 14.6. The average molecular weight is 710 g/mol. The van der Waals surface area contributed by atoms with Crippen molar-refractivity contribution in [1.29, 1.82) is 0 Å². The summed E-state index contributed by atoms with van der Waals surface area (Å²) >= 11 is 1.88. The fraction of sp³-hybridized carbons (Fsp3) is 0.115. The monoisotopic (exact) mass is 709 g/mol. The van der Waals surface area contributed by atoms with E-state index in [2.05, 4.69) is 196 Å². The Kier molecular flexibility index (Phi) is 6.59. The van der Waals surface area contributed by atoms with Crippen LogP contribution >= 0.6 is 11.3 Å². The molecule has 11 rings (SSSR count). The molecule has 0 fully saturated rings. The summed E-state index contributed by atoms with van der Waals surface area (Å²) in [5.74, 6) is 0. The highest BCUT2D eigenvalue weighted by Gasteiger charge is 2.37. The fourth-order valence-corrected chi connectivity index (χ4v) is 10.8. The highest BCUT2D eigenvalue weighted by atomic mass is 32.1. The smallest absolute Gasteiger partial charge is 0.0468 e. The second-order valence-corrected chi connectivity index (χ2v) is 17.2. The van der Waals surface area contributed by atoms with E-state index in [1.807, 2.05) is 11.3 Å². The average Bonchev–Trinajstić information content (AvgIpc) is 3.78. The minimum Gasteiger partial charge on any atom is -0.310 e. The second kappa shape index (κ2) is 11.3. The molecule has 54 heavy (non-hydrogen) atoms. The number of hydrogen-bond donors (Lipinski definition) is 0. The van der Waals surface area contributed by atoms with E-state index < -0.39 is 0 Å². The molecule has 0 N–H and O–H groups in total. The summed E-state index contributed by atoms with van der Waals surface area (Å²) in [6.07, 6.45) is 0. The van der Waals surface area contributed by atoms with E-state index in [-0.39, 0.29) is 10.8 Å². The Morgan fingerprint density at radius 2 is 0.963 bits per heavy atom. The van der Waals surface area contributed by atoms with Crippen molar-refractivity contribution in [3.05, 3.63) is 186 Å². The minimum absolute atomic E-state index is 0.0406. The third-order valence-corrected chi connectivity index (χ3v) is 13.6. The van der Waals surface area contributed by atoms with Crippen LogP contribution in [0.3, 0.4) is 0 Å². The number of hydrogen-bond acceptors (Lipinski definition) is 2. The third kappa shape index (κ3) is 4.44. The third-order valence-electron chi connectivity index (χ3n) is 12.5. The zero-order chi connectivity index (χ0) is 36.3. The summed E-state index contributed by atoms with van der Waals surface area (Å²) < 4.78 is 2.68. The zero-order valence-corrected chi connectivity index (χ0v) is 31.8. The van der Waals surface area contributed by atoms with Gasteiger partial charge in [0.2, 0.25) is 0 Å². The van der Waals surface area contributed by atoms with Crippen molar-refractivity contribution in [2.75, 3.05) is 4.90 Å². The maximum absolute atomic E-state index is 2.46. The molecule has 9 aromatic rings. The van der Waals surface area contributed by atoms with E-state index in [0.717, 1.165) is 5.69 Å². The lowest BCUT2D eigenvalue weighted by molar-refractivity contribution is 0.660. The van der Waals surface area contributed by atoms with Gasteiger partial charge in [-0.3, -0.25) is 0 Å². The summed E-state index contributed by atoms with van der Waals surface area (Å²) in [6.45, 7) is 9.44. The SMILES string of the molecule is CC1(C)c2ccccc2-c2cc(N(c3ccc(-c4ccc5ccc6sc7ccccc7c6c5c4)cc3)c3ccc4c(c3)C(C)(C)c3ccccc3-4)ccc21. The van der Waals surface area contributed by atoms with E-state index in [9.17, 15) is 0 Å². The van der Waals surface area contributed by atoms with Crippen LogP contribution in [0.2, 0.25) is 0 Å². The summed E-state index contributed by atoms with van der Waals surface area (Å²) in [6, 6.07) is 61.5. The first kappa shape index (κ1) is 31.6. The van der Waals surface area contributed by atoms with Crippen molar-refractivity contribution in [2.24, 2.45) is 0 Å². The van der Waals surface area contributed by atoms with Gasteiger partial charge >= 0.3 is 0 Å². The fourth-order valence-electron chi connectivity index (χ4n) is 9.65. The van der Waals surface area contributed by atoms with Crippen LogP contribution in [-0.4, -0.2) is 0 Å². The lowest BCUT2D eigenvalue weighted by atomic mass is 9.82. The number of anilines is 3. The van der Waals surface area contributed by atoms with Crippen molar-refractivity contribution in [1.82, 2.24) is 0 Å². The van der Waals surface area contributed by atoms with Gasteiger partial charge in [0.25, 0.3) is 0 Å². The molecule has 8 aromatic carbocycles. The summed E-state index contributed by atoms with van der Waals surface area (Å²) in [5, 5.41) is 5.30. The first-order valence-corrected chi connectivity index (χ1v) is 19.8. The molecule has 1 heterocycles. The number of rotatable bonds is 4. The Hall–Kier alpha value is -5.96. The molecule has 0 spiro atoms. The van der Waals surface area contributed by atoms with Crippen molar-refractivity contribution < 1.29 is 0 Å². The summed E-state index contributed by atoms with van der Waals surface area (Å²) in [4.78, 5) is 2.46. The van der Waals surface area contributed by atoms with Gasteiger partial charge in [-0.2, -0.15) is 0 Å².